The van der Waals surface area contributed by atoms with E-state index < -0.39 is 0 Å². The van der Waals surface area contributed by atoms with E-state index in [9.17, 15) is 0 Å². The molecule has 148 valence electrons. The van der Waals surface area contributed by atoms with Crippen molar-refractivity contribution in [1.82, 2.24) is 24.6 Å². The molecule has 31 heavy (non-hydrogen) atoms. The Morgan fingerprint density at radius 1 is 0.903 bits per heavy atom. The summed E-state index contributed by atoms with van der Waals surface area (Å²) in [5.41, 5.74) is 6.26. The Bertz CT molecular complexity index is 1610. The highest BCUT2D eigenvalue weighted by Crippen LogP contribution is 2.38. The summed E-state index contributed by atoms with van der Waals surface area (Å²) in [6.45, 7) is 0. The van der Waals surface area contributed by atoms with E-state index in [-0.39, 0.29) is 0 Å². The van der Waals surface area contributed by atoms with Crippen LogP contribution in [-0.2, 0) is 12.8 Å². The van der Waals surface area contributed by atoms with E-state index in [2.05, 4.69) is 29.2 Å². The first-order valence-electron chi connectivity index (χ1n) is 10.5. The van der Waals surface area contributed by atoms with Gasteiger partial charge in [0, 0.05) is 21.4 Å². The predicted molar refractivity (Wildman–Crippen MR) is 124 cm³/mol. The zero-order valence-electron chi connectivity index (χ0n) is 16.6. The molecule has 5 nitrogen and oxygen atoms in total. The van der Waals surface area contributed by atoms with Crippen LogP contribution in [0.15, 0.2) is 67.0 Å². The van der Waals surface area contributed by atoms with Crippen molar-refractivity contribution in [2.24, 2.45) is 0 Å². The summed E-state index contributed by atoms with van der Waals surface area (Å²) in [5, 5.41) is 7.08. The van der Waals surface area contributed by atoms with Crippen molar-refractivity contribution in [1.29, 1.82) is 0 Å². The van der Waals surface area contributed by atoms with Gasteiger partial charge in [-0.15, -0.1) is 16.4 Å². The number of pyridine rings is 1. The molecule has 4 aromatic heterocycles. The van der Waals surface area contributed by atoms with Crippen LogP contribution >= 0.6 is 11.3 Å². The Hall–Kier alpha value is -3.64. The Morgan fingerprint density at radius 3 is 2.71 bits per heavy atom. The van der Waals surface area contributed by atoms with Gasteiger partial charge in [-0.25, -0.2) is 19.5 Å². The van der Waals surface area contributed by atoms with Gasteiger partial charge in [0.1, 0.15) is 11.2 Å². The maximum Gasteiger partial charge on any atom is 0.183 e. The largest absolute Gasteiger partial charge is 0.248 e. The summed E-state index contributed by atoms with van der Waals surface area (Å²) in [5.74, 6) is 0.711. The summed E-state index contributed by atoms with van der Waals surface area (Å²) in [6, 6.07) is 20.6. The van der Waals surface area contributed by atoms with E-state index >= 15 is 0 Å². The average molecular weight is 420 g/mol. The SMILES string of the molecule is c1ccc(-c2cc(-c3nc4c5c6c(sc5ncn4n3)CCC6)c3ccccc3n2)cc1. The number of aryl methyl sites for hydroxylation is 2. The van der Waals surface area contributed by atoms with E-state index in [4.69, 9.17) is 15.1 Å². The van der Waals surface area contributed by atoms with Crippen molar-refractivity contribution >= 4 is 38.1 Å². The van der Waals surface area contributed by atoms with Gasteiger partial charge in [0.15, 0.2) is 11.5 Å². The third-order valence-corrected chi connectivity index (χ3v) is 7.27. The number of nitrogens with zero attached hydrogens (tertiary/aromatic N) is 5. The van der Waals surface area contributed by atoms with Crippen LogP contribution in [0.25, 0.3) is 49.4 Å². The van der Waals surface area contributed by atoms with Gasteiger partial charge in [0.25, 0.3) is 0 Å². The van der Waals surface area contributed by atoms with E-state index in [0.717, 1.165) is 51.0 Å². The van der Waals surface area contributed by atoms with Crippen molar-refractivity contribution in [3.8, 4) is 22.6 Å². The van der Waals surface area contributed by atoms with Gasteiger partial charge in [0.05, 0.1) is 16.6 Å². The summed E-state index contributed by atoms with van der Waals surface area (Å²) in [4.78, 5) is 17.1. The molecule has 7 rings (SSSR count). The minimum Gasteiger partial charge on any atom is -0.248 e. The fourth-order valence-electron chi connectivity index (χ4n) is 4.62. The first kappa shape index (κ1) is 17.1. The molecule has 1 aliphatic carbocycles. The summed E-state index contributed by atoms with van der Waals surface area (Å²) in [7, 11) is 0. The molecule has 0 N–H and O–H groups in total. The number of rotatable bonds is 2. The van der Waals surface area contributed by atoms with Crippen molar-refractivity contribution < 1.29 is 0 Å². The number of fused-ring (bicyclic) bond motifs is 6. The molecule has 0 fully saturated rings. The molecule has 0 bridgehead atoms. The lowest BCUT2D eigenvalue weighted by Crippen LogP contribution is -1.92. The lowest BCUT2D eigenvalue weighted by molar-refractivity contribution is 0.914. The lowest BCUT2D eigenvalue weighted by Gasteiger charge is -2.07. The first-order valence-corrected chi connectivity index (χ1v) is 11.3. The van der Waals surface area contributed by atoms with Gasteiger partial charge >= 0.3 is 0 Å². The van der Waals surface area contributed by atoms with Crippen molar-refractivity contribution in [3.63, 3.8) is 0 Å². The van der Waals surface area contributed by atoms with Gasteiger partial charge in [-0.3, -0.25) is 0 Å². The first-order chi connectivity index (χ1) is 15.3. The maximum absolute atomic E-state index is 5.04. The van der Waals surface area contributed by atoms with Crippen LogP contribution in [0.2, 0.25) is 0 Å². The fraction of sp³-hybridized carbons (Fsp3) is 0.120. The second-order valence-electron chi connectivity index (χ2n) is 7.92. The molecule has 0 spiro atoms. The van der Waals surface area contributed by atoms with Gasteiger partial charge in [-0.1, -0.05) is 48.5 Å². The van der Waals surface area contributed by atoms with E-state index in [1.54, 1.807) is 17.7 Å². The van der Waals surface area contributed by atoms with Crippen LogP contribution in [0.5, 0.6) is 0 Å². The van der Waals surface area contributed by atoms with Crippen LogP contribution in [0.4, 0.5) is 0 Å². The van der Waals surface area contributed by atoms with Crippen LogP contribution in [0.3, 0.4) is 0 Å². The Labute approximate surface area is 182 Å². The van der Waals surface area contributed by atoms with Gasteiger partial charge in [-0.2, -0.15) is 0 Å². The molecule has 0 atom stereocenters. The fourth-order valence-corrected chi connectivity index (χ4v) is 5.85. The molecular weight excluding hydrogens is 402 g/mol. The molecule has 6 aromatic rings. The summed E-state index contributed by atoms with van der Waals surface area (Å²) < 4.78 is 1.83. The van der Waals surface area contributed by atoms with Crippen molar-refractivity contribution in [3.05, 3.63) is 77.4 Å². The van der Waals surface area contributed by atoms with E-state index in [1.165, 1.54) is 22.2 Å². The maximum atomic E-state index is 5.04. The van der Waals surface area contributed by atoms with Crippen LogP contribution in [0.1, 0.15) is 16.9 Å². The van der Waals surface area contributed by atoms with E-state index in [1.807, 2.05) is 40.9 Å². The number of hydrogen-bond acceptors (Lipinski definition) is 5. The highest BCUT2D eigenvalue weighted by Gasteiger charge is 2.22. The van der Waals surface area contributed by atoms with Gasteiger partial charge in [0.2, 0.25) is 0 Å². The van der Waals surface area contributed by atoms with Gasteiger partial charge < -0.3 is 0 Å². The number of para-hydroxylation sites is 1. The van der Waals surface area contributed by atoms with Crippen molar-refractivity contribution in [2.45, 2.75) is 19.3 Å². The number of thiophene rings is 1. The monoisotopic (exact) mass is 419 g/mol. The summed E-state index contributed by atoms with van der Waals surface area (Å²) >= 11 is 1.81. The zero-order chi connectivity index (χ0) is 20.4. The Balaban J connectivity index is 1.52. The molecule has 0 amide bonds. The molecular formula is C25H17N5S. The number of aromatic nitrogens is 5. The number of hydrogen-bond donors (Lipinski definition) is 0. The van der Waals surface area contributed by atoms with Crippen LogP contribution < -0.4 is 0 Å². The van der Waals surface area contributed by atoms with Crippen molar-refractivity contribution in [2.75, 3.05) is 0 Å². The molecule has 0 saturated carbocycles. The molecule has 0 radical (unpaired) electrons. The predicted octanol–water partition coefficient (Wildman–Crippen LogP) is 5.71. The standard InChI is InChI=1S/C25H17N5S/c1-2-7-15(8-3-1)20-13-18(16-9-4-5-11-19(16)27-20)23-28-24-22-17-10-6-12-21(17)31-25(22)26-14-30(24)29-23/h1-5,7-9,11,13-14H,6,10,12H2. The smallest absolute Gasteiger partial charge is 0.183 e. The molecule has 6 heteroatoms. The summed E-state index contributed by atoms with van der Waals surface area (Å²) in [6.07, 6.45) is 5.27. The average Bonchev–Trinajstić information content (AvgIpc) is 3.52. The Kier molecular flexibility index (Phi) is 3.54. The highest BCUT2D eigenvalue weighted by molar-refractivity contribution is 7.19. The molecule has 4 heterocycles. The number of benzene rings is 2. The van der Waals surface area contributed by atoms with Gasteiger partial charge in [-0.05, 0) is 37.0 Å². The normalized spacial score (nSPS) is 13.4. The quantitative estimate of drug-likeness (QED) is 0.361. The molecule has 1 aliphatic rings. The second-order valence-corrected chi connectivity index (χ2v) is 9.01. The second kappa shape index (κ2) is 6.43. The third-order valence-electron chi connectivity index (χ3n) is 6.07. The third kappa shape index (κ3) is 2.55. The molecule has 0 unspecified atom stereocenters. The molecule has 2 aromatic carbocycles. The topological polar surface area (TPSA) is 56.0 Å². The molecule has 0 saturated heterocycles. The minimum absolute atomic E-state index is 0.711. The zero-order valence-corrected chi connectivity index (χ0v) is 17.4. The van der Waals surface area contributed by atoms with E-state index in [0.29, 0.717) is 5.82 Å². The van der Waals surface area contributed by atoms with Crippen LogP contribution in [0, 0.1) is 0 Å². The Morgan fingerprint density at radius 2 is 1.77 bits per heavy atom. The highest BCUT2D eigenvalue weighted by atomic mass is 32.1. The minimum atomic E-state index is 0.711. The lowest BCUT2D eigenvalue weighted by atomic mass is 10.0. The van der Waals surface area contributed by atoms with Crippen LogP contribution in [-0.4, -0.2) is 24.6 Å². The molecule has 0 aliphatic heterocycles.